The molecule has 3 N–H and O–H groups in total. The van der Waals surface area contributed by atoms with Crippen LogP contribution >= 0.6 is 11.3 Å². The Morgan fingerprint density at radius 1 is 1.45 bits per heavy atom. The molecule has 1 amide bonds. The summed E-state index contributed by atoms with van der Waals surface area (Å²) in [5.74, 6) is 5.80. The molecule has 0 fully saturated rings. The molecule has 0 saturated carbocycles. The molecule has 4 nitrogen and oxygen atoms in total. The number of aryl methyl sites for hydroxylation is 1. The van der Waals surface area contributed by atoms with Gasteiger partial charge in [0.25, 0.3) is 5.91 Å². The molecule has 0 radical (unpaired) electrons. The van der Waals surface area contributed by atoms with Gasteiger partial charge in [0, 0.05) is 6.54 Å². The Labute approximate surface area is 125 Å². The molecule has 20 heavy (non-hydrogen) atoms. The lowest BCUT2D eigenvalue weighted by Gasteiger charge is -2.08. The molecule has 0 aromatic carbocycles. The molecule has 1 heterocycles. The maximum Gasteiger partial charge on any atom is 0.261 e. The third-order valence-corrected chi connectivity index (χ3v) is 3.91. The molecule has 5 heteroatoms. The standard InChI is InChI=1S/C15H23N3OS/c1-12-11-14(20-13(12)7-6-8-16)15(19)17-9-4-5-10-18(2)3/h11H,4-5,8-10,16H2,1-3H3,(H,17,19). The van der Waals surface area contributed by atoms with Gasteiger partial charge in [-0.15, -0.1) is 11.3 Å². The summed E-state index contributed by atoms with van der Waals surface area (Å²) in [4.78, 5) is 15.8. The molecule has 0 bridgehead atoms. The van der Waals surface area contributed by atoms with Crippen molar-refractivity contribution in [3.05, 3.63) is 21.4 Å². The average Bonchev–Trinajstić information content (AvgIpc) is 2.77. The van der Waals surface area contributed by atoms with Gasteiger partial charge in [-0.1, -0.05) is 11.8 Å². The van der Waals surface area contributed by atoms with Gasteiger partial charge in [0.1, 0.15) is 0 Å². The van der Waals surface area contributed by atoms with Gasteiger partial charge in [0.2, 0.25) is 0 Å². The summed E-state index contributed by atoms with van der Waals surface area (Å²) in [5.41, 5.74) is 6.39. The van der Waals surface area contributed by atoms with E-state index in [0.717, 1.165) is 34.7 Å². The van der Waals surface area contributed by atoms with Crippen molar-refractivity contribution >= 4 is 17.2 Å². The lowest BCUT2D eigenvalue weighted by molar-refractivity contribution is 0.0957. The molecule has 0 aliphatic heterocycles. The number of carbonyl (C=O) groups is 1. The van der Waals surface area contributed by atoms with E-state index in [1.54, 1.807) is 0 Å². The van der Waals surface area contributed by atoms with Crippen LogP contribution in [0.3, 0.4) is 0 Å². The summed E-state index contributed by atoms with van der Waals surface area (Å²) in [6.07, 6.45) is 2.08. The lowest BCUT2D eigenvalue weighted by Crippen LogP contribution is -2.24. The normalized spacial score (nSPS) is 10.2. The summed E-state index contributed by atoms with van der Waals surface area (Å²) in [7, 11) is 4.10. The van der Waals surface area contributed by atoms with Crippen molar-refractivity contribution in [2.45, 2.75) is 19.8 Å². The first-order valence-corrected chi connectivity index (χ1v) is 7.58. The van der Waals surface area contributed by atoms with Gasteiger partial charge in [0.15, 0.2) is 0 Å². The SMILES string of the molecule is Cc1cc(C(=O)NCCCCN(C)C)sc1C#CCN. The van der Waals surface area contributed by atoms with E-state index in [9.17, 15) is 4.79 Å². The largest absolute Gasteiger partial charge is 0.351 e. The van der Waals surface area contributed by atoms with Crippen LogP contribution in [0.15, 0.2) is 6.07 Å². The highest BCUT2D eigenvalue weighted by Gasteiger charge is 2.10. The zero-order valence-corrected chi connectivity index (χ0v) is 13.3. The van der Waals surface area contributed by atoms with Crippen molar-refractivity contribution < 1.29 is 4.79 Å². The first-order chi connectivity index (χ1) is 9.54. The van der Waals surface area contributed by atoms with Gasteiger partial charge in [0.05, 0.1) is 16.3 Å². The quantitative estimate of drug-likeness (QED) is 0.616. The Balaban J connectivity index is 2.44. The maximum atomic E-state index is 12.0. The van der Waals surface area contributed by atoms with Crippen molar-refractivity contribution in [1.29, 1.82) is 0 Å². The summed E-state index contributed by atoms with van der Waals surface area (Å²) >= 11 is 1.43. The molecule has 1 aromatic heterocycles. The van der Waals surface area contributed by atoms with Crippen LogP contribution in [0.5, 0.6) is 0 Å². The van der Waals surface area contributed by atoms with E-state index in [1.807, 2.05) is 13.0 Å². The van der Waals surface area contributed by atoms with Gasteiger partial charge in [-0.25, -0.2) is 0 Å². The lowest BCUT2D eigenvalue weighted by atomic mass is 10.2. The average molecular weight is 293 g/mol. The zero-order chi connectivity index (χ0) is 15.0. The number of nitrogens with one attached hydrogen (secondary N) is 1. The van der Waals surface area contributed by atoms with E-state index in [0.29, 0.717) is 13.1 Å². The van der Waals surface area contributed by atoms with Crippen molar-refractivity contribution in [3.8, 4) is 11.8 Å². The second-order valence-corrected chi connectivity index (χ2v) is 5.95. The number of nitrogens with zero attached hydrogens (tertiary/aromatic N) is 1. The maximum absolute atomic E-state index is 12.0. The summed E-state index contributed by atoms with van der Waals surface area (Å²) in [6.45, 7) is 4.07. The predicted molar refractivity (Wildman–Crippen MR) is 85.1 cm³/mol. The Kier molecular flexibility index (Phi) is 7.31. The number of rotatable bonds is 6. The van der Waals surface area contributed by atoms with Gasteiger partial charge < -0.3 is 16.0 Å². The van der Waals surface area contributed by atoms with Crippen molar-refractivity contribution in [2.75, 3.05) is 33.7 Å². The minimum atomic E-state index is -0.0104. The van der Waals surface area contributed by atoms with E-state index in [2.05, 4.69) is 36.2 Å². The third kappa shape index (κ3) is 5.74. The van der Waals surface area contributed by atoms with E-state index in [-0.39, 0.29) is 5.91 Å². The minimum absolute atomic E-state index is 0.0104. The molecule has 1 aromatic rings. The first kappa shape index (κ1) is 16.7. The van der Waals surface area contributed by atoms with E-state index in [1.165, 1.54) is 11.3 Å². The smallest absolute Gasteiger partial charge is 0.261 e. The second-order valence-electron chi connectivity index (χ2n) is 4.89. The number of unbranched alkanes of at least 4 members (excludes halogenated alkanes) is 1. The monoisotopic (exact) mass is 293 g/mol. The first-order valence-electron chi connectivity index (χ1n) is 6.77. The summed E-state index contributed by atoms with van der Waals surface area (Å²) in [6, 6.07) is 1.89. The fraction of sp³-hybridized carbons (Fsp3) is 0.533. The van der Waals surface area contributed by atoms with Gasteiger partial charge >= 0.3 is 0 Å². The van der Waals surface area contributed by atoms with Crippen molar-refractivity contribution in [3.63, 3.8) is 0 Å². The van der Waals surface area contributed by atoms with Crippen LogP contribution in [0.4, 0.5) is 0 Å². The fourth-order valence-electron chi connectivity index (χ4n) is 1.69. The predicted octanol–water partition coefficient (Wildman–Crippen LogP) is 1.44. The van der Waals surface area contributed by atoms with Crippen LogP contribution in [0.25, 0.3) is 0 Å². The minimum Gasteiger partial charge on any atom is -0.351 e. The van der Waals surface area contributed by atoms with Gasteiger partial charge in [-0.05, 0) is 52.0 Å². The zero-order valence-electron chi connectivity index (χ0n) is 12.5. The van der Waals surface area contributed by atoms with Crippen LogP contribution in [-0.2, 0) is 0 Å². The topological polar surface area (TPSA) is 58.4 Å². The molecule has 0 atom stereocenters. The van der Waals surface area contributed by atoms with Crippen LogP contribution in [-0.4, -0.2) is 44.5 Å². The van der Waals surface area contributed by atoms with Crippen LogP contribution in [0, 0.1) is 18.8 Å². The highest BCUT2D eigenvalue weighted by molar-refractivity contribution is 7.14. The molecule has 0 aliphatic carbocycles. The second kappa shape index (κ2) is 8.75. The highest BCUT2D eigenvalue weighted by Crippen LogP contribution is 2.20. The molecular formula is C15H23N3OS. The fourth-order valence-corrected chi connectivity index (χ4v) is 2.66. The Morgan fingerprint density at radius 3 is 2.85 bits per heavy atom. The number of amides is 1. The highest BCUT2D eigenvalue weighted by atomic mass is 32.1. The van der Waals surface area contributed by atoms with Crippen molar-refractivity contribution in [2.24, 2.45) is 5.73 Å². The third-order valence-electron chi connectivity index (χ3n) is 2.76. The number of carbonyl (C=O) groups excluding carboxylic acids is 1. The Hall–Kier alpha value is -1.35. The molecule has 0 aliphatic rings. The van der Waals surface area contributed by atoms with Crippen LogP contribution in [0.1, 0.15) is 33.0 Å². The molecule has 110 valence electrons. The molecule has 0 spiro atoms. The van der Waals surface area contributed by atoms with Crippen LogP contribution in [0.2, 0.25) is 0 Å². The Bertz CT molecular complexity index is 497. The molecule has 0 unspecified atom stereocenters. The van der Waals surface area contributed by atoms with Gasteiger partial charge in [-0.2, -0.15) is 0 Å². The van der Waals surface area contributed by atoms with E-state index in [4.69, 9.17) is 5.73 Å². The molecule has 1 rings (SSSR count). The number of nitrogens with two attached hydrogens (primary N) is 1. The number of hydrogen-bond acceptors (Lipinski definition) is 4. The molecule has 0 saturated heterocycles. The number of thiophene rings is 1. The summed E-state index contributed by atoms with van der Waals surface area (Å²) in [5, 5.41) is 2.95. The van der Waals surface area contributed by atoms with Crippen LogP contribution < -0.4 is 11.1 Å². The summed E-state index contributed by atoms with van der Waals surface area (Å²) < 4.78 is 0. The number of hydrogen-bond donors (Lipinski definition) is 2. The van der Waals surface area contributed by atoms with Gasteiger partial charge in [-0.3, -0.25) is 4.79 Å². The van der Waals surface area contributed by atoms with E-state index >= 15 is 0 Å². The van der Waals surface area contributed by atoms with E-state index < -0.39 is 0 Å². The van der Waals surface area contributed by atoms with Crippen molar-refractivity contribution in [1.82, 2.24) is 10.2 Å². The molecular weight excluding hydrogens is 270 g/mol. The Morgan fingerprint density at radius 2 is 2.20 bits per heavy atom.